The van der Waals surface area contributed by atoms with E-state index in [1.807, 2.05) is 59.6 Å². The lowest BCUT2D eigenvalue weighted by Gasteiger charge is -2.34. The van der Waals surface area contributed by atoms with Crippen LogP contribution in [-0.4, -0.2) is 53.5 Å². The lowest BCUT2D eigenvalue weighted by atomic mass is 9.99. The Morgan fingerprint density at radius 2 is 1.56 bits per heavy atom. The van der Waals surface area contributed by atoms with E-state index in [0.29, 0.717) is 5.56 Å². The van der Waals surface area contributed by atoms with Crippen LogP contribution in [0.25, 0.3) is 22.0 Å². The highest BCUT2D eigenvalue weighted by Gasteiger charge is 2.20. The molecule has 0 radical (unpaired) electrons. The number of aromatic amines is 1. The largest absolute Gasteiger partial charge is 0.361 e. The van der Waals surface area contributed by atoms with Gasteiger partial charge in [0, 0.05) is 55.4 Å². The number of para-hydroxylation sites is 1. The van der Waals surface area contributed by atoms with Gasteiger partial charge >= 0.3 is 0 Å². The van der Waals surface area contributed by atoms with Crippen molar-refractivity contribution in [2.45, 2.75) is 6.42 Å². The zero-order valence-electron chi connectivity index (χ0n) is 18.1. The number of carbonyl (C=O) groups excluding carboxylic acids is 1. The summed E-state index contributed by atoms with van der Waals surface area (Å²) in [4.78, 5) is 18.9. The Balaban J connectivity index is 1.16. The summed E-state index contributed by atoms with van der Waals surface area (Å²) in [7, 11) is 0. The van der Waals surface area contributed by atoms with E-state index >= 15 is 0 Å². The van der Waals surface area contributed by atoms with Crippen molar-refractivity contribution in [2.24, 2.45) is 0 Å². The summed E-state index contributed by atoms with van der Waals surface area (Å²) < 4.78 is 0. The lowest BCUT2D eigenvalue weighted by molar-refractivity contribution is 0.0623. The molecule has 0 unspecified atom stereocenters. The van der Waals surface area contributed by atoms with Crippen LogP contribution >= 0.6 is 0 Å². The molecule has 5 nitrogen and oxygen atoms in total. The maximum absolute atomic E-state index is 13.0. The summed E-state index contributed by atoms with van der Waals surface area (Å²) in [6, 6.07) is 26.3. The summed E-state index contributed by atoms with van der Waals surface area (Å²) in [6.45, 7) is 4.58. The number of hydrogen-bond donors (Lipinski definition) is 2. The number of piperazine rings is 1. The maximum Gasteiger partial charge on any atom is 0.266 e. The van der Waals surface area contributed by atoms with E-state index in [-0.39, 0.29) is 5.91 Å². The van der Waals surface area contributed by atoms with Crippen molar-refractivity contribution >= 4 is 16.8 Å². The number of aromatic nitrogens is 1. The van der Waals surface area contributed by atoms with E-state index in [4.69, 9.17) is 0 Å². The van der Waals surface area contributed by atoms with Crippen molar-refractivity contribution in [1.29, 1.82) is 0 Å². The Hall–Kier alpha value is -3.41. The van der Waals surface area contributed by atoms with Crippen LogP contribution in [-0.2, 0) is 6.42 Å². The predicted octanol–water partition coefficient (Wildman–Crippen LogP) is 4.34. The summed E-state index contributed by atoms with van der Waals surface area (Å²) >= 11 is 0. The predicted molar refractivity (Wildman–Crippen MR) is 129 cm³/mol. The molecule has 0 saturated carbocycles. The molecule has 32 heavy (non-hydrogen) atoms. The van der Waals surface area contributed by atoms with Crippen LogP contribution in [0.4, 0.5) is 0 Å². The third kappa shape index (κ3) is 4.44. The Bertz CT molecular complexity index is 1190. The molecule has 1 aromatic heterocycles. The van der Waals surface area contributed by atoms with Gasteiger partial charge in [-0.05, 0) is 35.2 Å². The molecule has 0 atom stereocenters. The second-order valence-electron chi connectivity index (χ2n) is 8.29. The number of rotatable bonds is 6. The molecule has 4 aromatic rings. The minimum atomic E-state index is -0.0447. The number of nitrogens with zero attached hydrogens (tertiary/aromatic N) is 2. The normalized spacial score (nSPS) is 15.1. The Morgan fingerprint density at radius 3 is 2.41 bits per heavy atom. The van der Waals surface area contributed by atoms with Gasteiger partial charge in [-0.25, -0.2) is 5.01 Å². The number of fused-ring (bicyclic) bond motifs is 1. The Morgan fingerprint density at radius 1 is 0.844 bits per heavy atom. The smallest absolute Gasteiger partial charge is 0.266 e. The molecule has 3 aromatic carbocycles. The topological polar surface area (TPSA) is 51.4 Å². The molecular weight excluding hydrogens is 396 g/mol. The Kier molecular flexibility index (Phi) is 6.01. The van der Waals surface area contributed by atoms with Crippen molar-refractivity contribution in [3.05, 3.63) is 96.2 Å². The molecule has 0 aliphatic carbocycles. The first-order valence-corrected chi connectivity index (χ1v) is 11.3. The van der Waals surface area contributed by atoms with E-state index in [1.54, 1.807) is 0 Å². The molecule has 2 N–H and O–H groups in total. The third-order valence-electron chi connectivity index (χ3n) is 6.26. The molecule has 1 fully saturated rings. The molecule has 1 aliphatic heterocycles. The number of H-pyrrole nitrogens is 1. The van der Waals surface area contributed by atoms with Gasteiger partial charge in [0.15, 0.2) is 0 Å². The molecule has 0 bridgehead atoms. The van der Waals surface area contributed by atoms with Gasteiger partial charge in [-0.15, -0.1) is 0 Å². The van der Waals surface area contributed by atoms with Crippen LogP contribution in [0.3, 0.4) is 0 Å². The van der Waals surface area contributed by atoms with Crippen molar-refractivity contribution in [1.82, 2.24) is 20.3 Å². The van der Waals surface area contributed by atoms with E-state index in [0.717, 1.165) is 50.3 Å². The Labute approximate surface area is 188 Å². The average Bonchev–Trinajstić information content (AvgIpc) is 3.27. The number of benzene rings is 3. The van der Waals surface area contributed by atoms with Gasteiger partial charge in [0.2, 0.25) is 0 Å². The maximum atomic E-state index is 13.0. The van der Waals surface area contributed by atoms with Crippen LogP contribution in [0, 0.1) is 0 Å². The summed E-state index contributed by atoms with van der Waals surface area (Å²) in [5.74, 6) is -0.0447. The number of amides is 1. The molecule has 1 amide bonds. The molecule has 2 heterocycles. The average molecular weight is 425 g/mol. The van der Waals surface area contributed by atoms with Gasteiger partial charge < -0.3 is 9.88 Å². The van der Waals surface area contributed by atoms with Crippen LogP contribution < -0.4 is 5.43 Å². The fourth-order valence-corrected chi connectivity index (χ4v) is 4.45. The minimum Gasteiger partial charge on any atom is -0.361 e. The fraction of sp³-hybridized carbons (Fsp3) is 0.222. The first-order valence-electron chi connectivity index (χ1n) is 11.3. The van der Waals surface area contributed by atoms with Gasteiger partial charge in [0.05, 0.1) is 0 Å². The van der Waals surface area contributed by atoms with Gasteiger partial charge in [-0.1, -0.05) is 66.7 Å². The minimum absolute atomic E-state index is 0.0447. The van der Waals surface area contributed by atoms with Crippen molar-refractivity contribution < 1.29 is 4.79 Å². The molecular formula is C27H28N4O. The second kappa shape index (κ2) is 9.39. The number of hydrogen-bond acceptors (Lipinski definition) is 3. The number of carbonyl (C=O) groups is 1. The van der Waals surface area contributed by atoms with Crippen molar-refractivity contribution in [2.75, 3.05) is 32.7 Å². The van der Waals surface area contributed by atoms with E-state index in [2.05, 4.69) is 45.8 Å². The van der Waals surface area contributed by atoms with E-state index in [1.165, 1.54) is 16.5 Å². The highest BCUT2D eigenvalue weighted by molar-refractivity contribution is 6.00. The second-order valence-corrected chi connectivity index (χ2v) is 8.29. The highest BCUT2D eigenvalue weighted by Crippen LogP contribution is 2.23. The van der Waals surface area contributed by atoms with E-state index < -0.39 is 0 Å². The lowest BCUT2D eigenvalue weighted by Crippen LogP contribution is -2.53. The monoisotopic (exact) mass is 424 g/mol. The molecule has 1 saturated heterocycles. The molecule has 5 heteroatoms. The molecule has 1 aliphatic rings. The standard InChI is InChI=1S/C27H28N4O/c32-27(25-12-5-4-10-23(25)21-8-2-1-3-9-21)29-31-18-16-30(17-19-31)15-14-22-20-28-26-13-7-6-11-24(22)26/h1-13,20,28H,14-19H2,(H,29,32). The highest BCUT2D eigenvalue weighted by atomic mass is 16.2. The van der Waals surface area contributed by atoms with Crippen LogP contribution in [0.15, 0.2) is 85.1 Å². The summed E-state index contributed by atoms with van der Waals surface area (Å²) in [5, 5.41) is 3.36. The fourth-order valence-electron chi connectivity index (χ4n) is 4.45. The number of nitrogens with one attached hydrogen (secondary N) is 2. The zero-order valence-corrected chi connectivity index (χ0v) is 18.1. The quantitative estimate of drug-likeness (QED) is 0.484. The van der Waals surface area contributed by atoms with Gasteiger partial charge in [-0.3, -0.25) is 10.2 Å². The van der Waals surface area contributed by atoms with E-state index in [9.17, 15) is 4.79 Å². The first-order chi connectivity index (χ1) is 15.8. The van der Waals surface area contributed by atoms with Crippen LogP contribution in [0.1, 0.15) is 15.9 Å². The zero-order chi connectivity index (χ0) is 21.8. The van der Waals surface area contributed by atoms with Crippen LogP contribution in [0.5, 0.6) is 0 Å². The summed E-state index contributed by atoms with van der Waals surface area (Å²) in [6.07, 6.45) is 3.16. The van der Waals surface area contributed by atoms with Gasteiger partial charge in [0.1, 0.15) is 0 Å². The van der Waals surface area contributed by atoms with Crippen molar-refractivity contribution in [3.8, 4) is 11.1 Å². The summed E-state index contributed by atoms with van der Waals surface area (Å²) in [5.41, 5.74) is 8.42. The first kappa shape index (κ1) is 20.5. The van der Waals surface area contributed by atoms with Crippen molar-refractivity contribution in [3.63, 3.8) is 0 Å². The number of hydrazine groups is 1. The van der Waals surface area contributed by atoms with Gasteiger partial charge in [-0.2, -0.15) is 0 Å². The molecule has 0 spiro atoms. The third-order valence-corrected chi connectivity index (χ3v) is 6.26. The molecule has 162 valence electrons. The SMILES string of the molecule is O=C(NN1CCN(CCc2c[nH]c3ccccc23)CC1)c1ccccc1-c1ccccc1. The van der Waals surface area contributed by atoms with Crippen LogP contribution in [0.2, 0.25) is 0 Å². The van der Waals surface area contributed by atoms with Gasteiger partial charge in [0.25, 0.3) is 5.91 Å². The molecule has 5 rings (SSSR count).